The number of nitrogens with zero attached hydrogens (tertiary/aromatic N) is 1. The molecule has 0 bridgehead atoms. The average molecular weight is 286 g/mol. The summed E-state index contributed by atoms with van der Waals surface area (Å²) in [4.78, 5) is 21.4. The van der Waals surface area contributed by atoms with Gasteiger partial charge in [-0.1, -0.05) is 42.5 Å². The molecular formula is C15H14N2O4. The van der Waals surface area contributed by atoms with Crippen LogP contribution in [-0.2, 0) is 4.79 Å². The fraction of sp³-hybridized carbons (Fsp3) is 0.133. The van der Waals surface area contributed by atoms with Gasteiger partial charge in [0.1, 0.15) is 6.04 Å². The largest absolute Gasteiger partial charge is 0.480 e. The minimum Gasteiger partial charge on any atom is -0.480 e. The Kier molecular flexibility index (Phi) is 4.30. The van der Waals surface area contributed by atoms with Gasteiger partial charge in [-0.05, 0) is 11.1 Å². The van der Waals surface area contributed by atoms with Gasteiger partial charge in [-0.25, -0.2) is 0 Å². The molecule has 6 heteroatoms. The molecule has 2 aromatic carbocycles. The summed E-state index contributed by atoms with van der Waals surface area (Å²) in [6, 6.07) is 13.6. The van der Waals surface area contributed by atoms with E-state index in [1.54, 1.807) is 36.4 Å². The molecule has 2 unspecified atom stereocenters. The van der Waals surface area contributed by atoms with E-state index < -0.39 is 22.9 Å². The number of aliphatic carboxylic acids is 1. The molecule has 0 aliphatic rings. The van der Waals surface area contributed by atoms with Gasteiger partial charge in [0.25, 0.3) is 5.69 Å². The molecule has 6 nitrogen and oxygen atoms in total. The highest BCUT2D eigenvalue weighted by Gasteiger charge is 2.27. The Morgan fingerprint density at radius 2 is 1.57 bits per heavy atom. The Balaban J connectivity index is 2.44. The van der Waals surface area contributed by atoms with E-state index in [1.165, 1.54) is 12.1 Å². The molecule has 0 aromatic heterocycles. The molecule has 0 spiro atoms. The lowest BCUT2D eigenvalue weighted by molar-refractivity contribution is -0.384. The maximum Gasteiger partial charge on any atom is 0.321 e. The second-order valence-electron chi connectivity index (χ2n) is 4.60. The summed E-state index contributed by atoms with van der Waals surface area (Å²) < 4.78 is 0. The van der Waals surface area contributed by atoms with Gasteiger partial charge in [-0.3, -0.25) is 14.9 Å². The minimum absolute atomic E-state index is 0.0468. The van der Waals surface area contributed by atoms with Crippen molar-refractivity contribution >= 4 is 11.7 Å². The van der Waals surface area contributed by atoms with Crippen molar-refractivity contribution in [1.82, 2.24) is 0 Å². The Labute approximate surface area is 121 Å². The van der Waals surface area contributed by atoms with Crippen LogP contribution < -0.4 is 5.73 Å². The maximum atomic E-state index is 11.2. The summed E-state index contributed by atoms with van der Waals surface area (Å²) >= 11 is 0. The molecule has 0 fully saturated rings. The van der Waals surface area contributed by atoms with Gasteiger partial charge in [-0.15, -0.1) is 0 Å². The number of carboxylic acid groups (broad SMARTS) is 1. The van der Waals surface area contributed by atoms with E-state index in [1.807, 2.05) is 6.07 Å². The molecule has 2 rings (SSSR count). The number of nitro groups is 1. The first-order valence-corrected chi connectivity index (χ1v) is 6.28. The lowest BCUT2D eigenvalue weighted by atomic mass is 9.85. The van der Waals surface area contributed by atoms with Crippen molar-refractivity contribution in [2.45, 2.75) is 12.0 Å². The van der Waals surface area contributed by atoms with Crippen LogP contribution in [0.5, 0.6) is 0 Å². The van der Waals surface area contributed by atoms with Gasteiger partial charge in [0.15, 0.2) is 0 Å². The van der Waals surface area contributed by atoms with Crippen LogP contribution in [0.15, 0.2) is 54.6 Å². The van der Waals surface area contributed by atoms with Crippen LogP contribution in [0, 0.1) is 10.1 Å². The average Bonchev–Trinajstić information content (AvgIpc) is 2.49. The van der Waals surface area contributed by atoms with Gasteiger partial charge in [0.05, 0.1) is 4.92 Å². The highest BCUT2D eigenvalue weighted by atomic mass is 16.6. The van der Waals surface area contributed by atoms with Crippen LogP contribution in [-0.4, -0.2) is 22.0 Å². The molecule has 0 heterocycles. The molecular weight excluding hydrogens is 272 g/mol. The van der Waals surface area contributed by atoms with Crippen molar-refractivity contribution < 1.29 is 14.8 Å². The van der Waals surface area contributed by atoms with Gasteiger partial charge < -0.3 is 10.8 Å². The first-order chi connectivity index (χ1) is 10.0. The summed E-state index contributed by atoms with van der Waals surface area (Å²) in [5.41, 5.74) is 7.12. The van der Waals surface area contributed by atoms with Crippen molar-refractivity contribution in [2.75, 3.05) is 0 Å². The molecule has 0 saturated heterocycles. The van der Waals surface area contributed by atoms with Crippen molar-refractivity contribution in [3.05, 3.63) is 75.8 Å². The van der Waals surface area contributed by atoms with E-state index in [2.05, 4.69) is 0 Å². The van der Waals surface area contributed by atoms with Crippen molar-refractivity contribution in [3.63, 3.8) is 0 Å². The van der Waals surface area contributed by atoms with Gasteiger partial charge in [-0.2, -0.15) is 0 Å². The second-order valence-corrected chi connectivity index (χ2v) is 4.60. The summed E-state index contributed by atoms with van der Waals surface area (Å²) in [7, 11) is 0. The number of rotatable bonds is 5. The fourth-order valence-corrected chi connectivity index (χ4v) is 2.21. The van der Waals surface area contributed by atoms with E-state index in [0.29, 0.717) is 5.56 Å². The van der Waals surface area contributed by atoms with E-state index in [-0.39, 0.29) is 5.69 Å². The number of hydrogen-bond acceptors (Lipinski definition) is 4. The number of nitro benzene ring substituents is 1. The van der Waals surface area contributed by atoms with Crippen LogP contribution in [0.4, 0.5) is 5.69 Å². The number of hydrogen-bond donors (Lipinski definition) is 2. The van der Waals surface area contributed by atoms with Crippen LogP contribution in [0.2, 0.25) is 0 Å². The SMILES string of the molecule is NC(C(=O)O)C(c1ccccc1)c1ccc([N+](=O)[O-])cc1. The van der Waals surface area contributed by atoms with E-state index in [0.717, 1.165) is 5.56 Å². The number of benzene rings is 2. The molecule has 108 valence electrons. The zero-order valence-electron chi connectivity index (χ0n) is 11.0. The lowest BCUT2D eigenvalue weighted by Gasteiger charge is -2.21. The Hall–Kier alpha value is -2.73. The molecule has 2 atom stereocenters. The Morgan fingerprint density at radius 3 is 2.05 bits per heavy atom. The third-order valence-electron chi connectivity index (χ3n) is 3.27. The monoisotopic (exact) mass is 286 g/mol. The number of non-ortho nitro benzene ring substituents is 1. The highest BCUT2D eigenvalue weighted by Crippen LogP contribution is 2.28. The third kappa shape index (κ3) is 3.24. The summed E-state index contributed by atoms with van der Waals surface area (Å²) in [6.07, 6.45) is 0. The molecule has 0 saturated carbocycles. The molecule has 21 heavy (non-hydrogen) atoms. The lowest BCUT2D eigenvalue weighted by Crippen LogP contribution is -2.37. The summed E-state index contributed by atoms with van der Waals surface area (Å²) in [5, 5.41) is 19.9. The fourth-order valence-electron chi connectivity index (χ4n) is 2.21. The smallest absolute Gasteiger partial charge is 0.321 e. The number of carboxylic acids is 1. The Bertz CT molecular complexity index is 640. The van der Waals surface area contributed by atoms with E-state index in [4.69, 9.17) is 5.73 Å². The second kappa shape index (κ2) is 6.15. The van der Waals surface area contributed by atoms with Crippen LogP contribution in [0.3, 0.4) is 0 Å². The zero-order chi connectivity index (χ0) is 15.4. The maximum absolute atomic E-state index is 11.2. The highest BCUT2D eigenvalue weighted by molar-refractivity contribution is 5.75. The van der Waals surface area contributed by atoms with E-state index >= 15 is 0 Å². The first-order valence-electron chi connectivity index (χ1n) is 6.28. The third-order valence-corrected chi connectivity index (χ3v) is 3.27. The van der Waals surface area contributed by atoms with Gasteiger partial charge in [0, 0.05) is 18.1 Å². The number of carbonyl (C=O) groups is 1. The first kappa shape index (κ1) is 14.7. The molecule has 2 aromatic rings. The molecule has 0 aliphatic heterocycles. The van der Waals surface area contributed by atoms with Crippen LogP contribution in [0.25, 0.3) is 0 Å². The summed E-state index contributed by atoms with van der Waals surface area (Å²) in [5.74, 6) is -1.69. The molecule has 0 radical (unpaired) electrons. The molecule has 3 N–H and O–H groups in total. The topological polar surface area (TPSA) is 106 Å². The quantitative estimate of drug-likeness (QED) is 0.647. The predicted molar refractivity (Wildman–Crippen MR) is 77.0 cm³/mol. The molecule has 0 aliphatic carbocycles. The van der Waals surface area contributed by atoms with Crippen molar-refractivity contribution in [3.8, 4) is 0 Å². The van der Waals surface area contributed by atoms with Gasteiger partial charge in [0.2, 0.25) is 0 Å². The zero-order valence-corrected chi connectivity index (χ0v) is 11.0. The summed E-state index contributed by atoms with van der Waals surface area (Å²) in [6.45, 7) is 0. The van der Waals surface area contributed by atoms with Crippen LogP contribution >= 0.6 is 0 Å². The number of nitrogens with two attached hydrogens (primary N) is 1. The minimum atomic E-state index is -1.13. The van der Waals surface area contributed by atoms with Gasteiger partial charge >= 0.3 is 5.97 Å². The van der Waals surface area contributed by atoms with Crippen molar-refractivity contribution in [2.24, 2.45) is 5.73 Å². The van der Waals surface area contributed by atoms with Crippen molar-refractivity contribution in [1.29, 1.82) is 0 Å². The van der Waals surface area contributed by atoms with Crippen LogP contribution in [0.1, 0.15) is 17.0 Å². The normalized spacial score (nSPS) is 13.4. The predicted octanol–water partition coefficient (Wildman–Crippen LogP) is 2.14. The standard InChI is InChI=1S/C15H14N2O4/c16-14(15(18)19)13(10-4-2-1-3-5-10)11-6-8-12(9-7-11)17(20)21/h1-9,13-14H,16H2,(H,18,19). The Morgan fingerprint density at radius 1 is 1.05 bits per heavy atom. The van der Waals surface area contributed by atoms with E-state index in [9.17, 15) is 20.0 Å². The molecule has 0 amide bonds.